The van der Waals surface area contributed by atoms with E-state index in [1.54, 1.807) is 19.1 Å². The molecule has 0 unspecified atom stereocenters. The van der Waals surface area contributed by atoms with Gasteiger partial charge in [-0.2, -0.15) is 0 Å². The van der Waals surface area contributed by atoms with Crippen LogP contribution >= 0.6 is 11.6 Å². The monoisotopic (exact) mass is 213 g/mol. The molecule has 2 rings (SSSR count). The van der Waals surface area contributed by atoms with Gasteiger partial charge in [0.25, 0.3) is 0 Å². The lowest BCUT2D eigenvalue weighted by Gasteiger charge is -2.15. The van der Waals surface area contributed by atoms with Crippen LogP contribution in [0.25, 0.3) is 0 Å². The lowest BCUT2D eigenvalue weighted by Crippen LogP contribution is -2.21. The van der Waals surface area contributed by atoms with E-state index in [0.717, 1.165) is 12.8 Å². The van der Waals surface area contributed by atoms with Crippen LogP contribution in [0.15, 0.2) is 12.1 Å². The zero-order chi connectivity index (χ0) is 10.3. The fraction of sp³-hybridized carbons (Fsp3) is 0.455. The number of rotatable bonds is 2. The Hall–Kier alpha value is -0.600. The summed E-state index contributed by atoms with van der Waals surface area (Å²) in [5.41, 5.74) is 6.84. The average Bonchev–Trinajstić information content (AvgIpc) is 2.92. The van der Waals surface area contributed by atoms with E-state index in [-0.39, 0.29) is 11.2 Å². The lowest BCUT2D eigenvalue weighted by molar-refractivity contribution is 0.566. The molecular weight excluding hydrogens is 201 g/mol. The number of nitrogens with two attached hydrogens (primary N) is 1. The van der Waals surface area contributed by atoms with Crippen LogP contribution in [0.3, 0.4) is 0 Å². The van der Waals surface area contributed by atoms with Crippen molar-refractivity contribution in [2.75, 3.05) is 6.54 Å². The average molecular weight is 214 g/mol. The zero-order valence-electron chi connectivity index (χ0n) is 8.11. The first kappa shape index (κ1) is 9.94. The molecule has 1 aromatic carbocycles. The van der Waals surface area contributed by atoms with E-state index in [1.807, 2.05) is 0 Å². The highest BCUT2D eigenvalue weighted by atomic mass is 35.5. The highest BCUT2D eigenvalue weighted by Crippen LogP contribution is 2.49. The van der Waals surface area contributed by atoms with Gasteiger partial charge in [0.1, 0.15) is 5.82 Å². The first-order valence-electron chi connectivity index (χ1n) is 4.75. The minimum absolute atomic E-state index is 0.125. The molecule has 76 valence electrons. The second-order valence-electron chi connectivity index (χ2n) is 4.07. The molecule has 3 heteroatoms. The second kappa shape index (κ2) is 3.21. The summed E-state index contributed by atoms with van der Waals surface area (Å²) < 4.78 is 13.8. The van der Waals surface area contributed by atoms with Gasteiger partial charge >= 0.3 is 0 Å². The minimum atomic E-state index is -0.141. The van der Waals surface area contributed by atoms with Gasteiger partial charge in [0.05, 0.1) is 0 Å². The Kier molecular flexibility index (Phi) is 2.28. The predicted octanol–water partition coefficient (Wildman–Crippen LogP) is 2.78. The Morgan fingerprint density at radius 3 is 2.64 bits per heavy atom. The highest BCUT2D eigenvalue weighted by molar-refractivity contribution is 6.30. The number of aryl methyl sites for hydroxylation is 1. The molecule has 0 heterocycles. The molecule has 0 saturated heterocycles. The van der Waals surface area contributed by atoms with Crippen molar-refractivity contribution in [3.63, 3.8) is 0 Å². The van der Waals surface area contributed by atoms with Crippen LogP contribution in [0.4, 0.5) is 4.39 Å². The minimum Gasteiger partial charge on any atom is -0.330 e. The maximum absolute atomic E-state index is 13.8. The van der Waals surface area contributed by atoms with E-state index in [4.69, 9.17) is 17.3 Å². The van der Waals surface area contributed by atoms with Gasteiger partial charge in [-0.15, -0.1) is 0 Å². The van der Waals surface area contributed by atoms with E-state index >= 15 is 0 Å². The first-order chi connectivity index (χ1) is 6.59. The molecule has 0 spiro atoms. The van der Waals surface area contributed by atoms with Crippen molar-refractivity contribution in [1.82, 2.24) is 0 Å². The van der Waals surface area contributed by atoms with Crippen molar-refractivity contribution in [3.8, 4) is 0 Å². The van der Waals surface area contributed by atoms with Crippen molar-refractivity contribution in [2.24, 2.45) is 5.73 Å². The number of hydrogen-bond acceptors (Lipinski definition) is 1. The molecule has 1 nitrogen and oxygen atoms in total. The summed E-state index contributed by atoms with van der Waals surface area (Å²) in [6, 6.07) is 3.36. The Morgan fingerprint density at radius 1 is 1.50 bits per heavy atom. The normalized spacial score (nSPS) is 18.3. The third-order valence-electron chi connectivity index (χ3n) is 3.03. The van der Waals surface area contributed by atoms with Crippen LogP contribution in [0.2, 0.25) is 5.02 Å². The number of halogens is 2. The van der Waals surface area contributed by atoms with E-state index in [2.05, 4.69) is 0 Å². The van der Waals surface area contributed by atoms with Crippen LogP contribution in [0.1, 0.15) is 24.0 Å². The molecule has 1 fully saturated rings. The SMILES string of the molecule is Cc1cc(Cl)cc(C2(CN)CC2)c1F. The van der Waals surface area contributed by atoms with Gasteiger partial charge in [0.2, 0.25) is 0 Å². The van der Waals surface area contributed by atoms with Gasteiger partial charge in [0.15, 0.2) is 0 Å². The summed E-state index contributed by atoms with van der Waals surface area (Å²) in [5.74, 6) is -0.141. The molecule has 1 aliphatic carbocycles. The Balaban J connectivity index is 2.52. The van der Waals surface area contributed by atoms with Gasteiger partial charge in [0, 0.05) is 17.0 Å². The van der Waals surface area contributed by atoms with Crippen LogP contribution in [0.5, 0.6) is 0 Å². The Morgan fingerprint density at radius 2 is 2.14 bits per heavy atom. The zero-order valence-corrected chi connectivity index (χ0v) is 8.87. The van der Waals surface area contributed by atoms with Crippen LogP contribution in [-0.4, -0.2) is 6.54 Å². The predicted molar refractivity (Wildman–Crippen MR) is 56.1 cm³/mol. The quantitative estimate of drug-likeness (QED) is 0.804. The molecule has 0 aromatic heterocycles. The molecular formula is C11H13ClFN. The summed E-state index contributed by atoms with van der Waals surface area (Å²) in [5, 5.41) is 0.596. The molecule has 0 radical (unpaired) electrons. The standard InChI is InChI=1S/C11H13ClFN/c1-7-4-8(12)5-9(10(7)13)11(6-14)2-3-11/h4-5H,2-3,6,14H2,1H3. The lowest BCUT2D eigenvalue weighted by atomic mass is 9.94. The molecule has 1 aliphatic rings. The van der Waals surface area contributed by atoms with E-state index in [1.165, 1.54) is 0 Å². The smallest absolute Gasteiger partial charge is 0.130 e. The number of hydrogen-bond donors (Lipinski definition) is 1. The van der Waals surface area contributed by atoms with Crippen LogP contribution in [0, 0.1) is 12.7 Å². The van der Waals surface area contributed by atoms with Crippen molar-refractivity contribution in [3.05, 3.63) is 34.1 Å². The van der Waals surface area contributed by atoms with Gasteiger partial charge in [-0.3, -0.25) is 0 Å². The first-order valence-corrected chi connectivity index (χ1v) is 5.13. The molecule has 1 aromatic rings. The Bertz CT molecular complexity index is 372. The van der Waals surface area contributed by atoms with Crippen LogP contribution < -0.4 is 5.73 Å². The van der Waals surface area contributed by atoms with Gasteiger partial charge in [-0.1, -0.05) is 11.6 Å². The summed E-state index contributed by atoms with van der Waals surface area (Å²) in [6.45, 7) is 2.24. The fourth-order valence-electron chi connectivity index (χ4n) is 1.85. The third-order valence-corrected chi connectivity index (χ3v) is 3.25. The fourth-order valence-corrected chi connectivity index (χ4v) is 2.12. The van der Waals surface area contributed by atoms with Gasteiger partial charge in [-0.05, 0) is 43.0 Å². The van der Waals surface area contributed by atoms with Crippen molar-refractivity contribution in [2.45, 2.75) is 25.2 Å². The molecule has 0 aliphatic heterocycles. The van der Waals surface area contributed by atoms with Crippen molar-refractivity contribution >= 4 is 11.6 Å². The van der Waals surface area contributed by atoms with Gasteiger partial charge < -0.3 is 5.73 Å². The van der Waals surface area contributed by atoms with Crippen molar-refractivity contribution < 1.29 is 4.39 Å². The number of benzene rings is 1. The van der Waals surface area contributed by atoms with Crippen LogP contribution in [-0.2, 0) is 5.41 Å². The molecule has 0 bridgehead atoms. The van der Waals surface area contributed by atoms with E-state index in [9.17, 15) is 4.39 Å². The molecule has 14 heavy (non-hydrogen) atoms. The largest absolute Gasteiger partial charge is 0.330 e. The topological polar surface area (TPSA) is 26.0 Å². The second-order valence-corrected chi connectivity index (χ2v) is 4.51. The highest BCUT2D eigenvalue weighted by Gasteiger charge is 2.45. The summed E-state index contributed by atoms with van der Waals surface area (Å²) in [7, 11) is 0. The summed E-state index contributed by atoms with van der Waals surface area (Å²) >= 11 is 5.91. The molecule has 2 N–H and O–H groups in total. The van der Waals surface area contributed by atoms with Gasteiger partial charge in [-0.25, -0.2) is 4.39 Å². The third kappa shape index (κ3) is 1.43. The maximum atomic E-state index is 13.8. The summed E-state index contributed by atoms with van der Waals surface area (Å²) in [4.78, 5) is 0. The molecule has 1 saturated carbocycles. The maximum Gasteiger partial charge on any atom is 0.130 e. The van der Waals surface area contributed by atoms with E-state index < -0.39 is 0 Å². The Labute approximate surface area is 88.1 Å². The molecule has 0 amide bonds. The van der Waals surface area contributed by atoms with E-state index in [0.29, 0.717) is 22.7 Å². The molecule has 0 atom stereocenters. The van der Waals surface area contributed by atoms with Crippen molar-refractivity contribution in [1.29, 1.82) is 0 Å². The summed E-state index contributed by atoms with van der Waals surface area (Å²) in [6.07, 6.45) is 1.94.